The van der Waals surface area contributed by atoms with Crippen molar-refractivity contribution in [1.82, 2.24) is 9.88 Å². The fourth-order valence-corrected chi connectivity index (χ4v) is 4.43. The van der Waals surface area contributed by atoms with Crippen LogP contribution in [0.1, 0.15) is 28.8 Å². The molecule has 1 aliphatic heterocycles. The average Bonchev–Trinajstić information content (AvgIpc) is 2.85. The quantitative estimate of drug-likeness (QED) is 0.647. The van der Waals surface area contributed by atoms with Gasteiger partial charge in [-0.05, 0) is 54.7 Å². The molecular weight excluding hydrogens is 402 g/mol. The van der Waals surface area contributed by atoms with Crippen LogP contribution in [0.4, 0.5) is 0 Å². The molecule has 0 radical (unpaired) electrons. The van der Waals surface area contributed by atoms with Gasteiger partial charge in [-0.2, -0.15) is 0 Å². The van der Waals surface area contributed by atoms with Gasteiger partial charge in [0.1, 0.15) is 5.75 Å². The van der Waals surface area contributed by atoms with E-state index < -0.39 is 5.41 Å². The van der Waals surface area contributed by atoms with Gasteiger partial charge in [0.05, 0.1) is 12.5 Å². The van der Waals surface area contributed by atoms with E-state index in [1.807, 2.05) is 48.7 Å². The van der Waals surface area contributed by atoms with Crippen LogP contribution < -0.4 is 10.5 Å². The second-order valence-corrected chi connectivity index (χ2v) is 8.24. The number of primary amides is 1. The molecule has 2 heterocycles. The molecule has 1 saturated heterocycles. The van der Waals surface area contributed by atoms with Crippen LogP contribution in [0.2, 0.25) is 0 Å². The van der Waals surface area contributed by atoms with E-state index >= 15 is 0 Å². The van der Waals surface area contributed by atoms with Gasteiger partial charge >= 0.3 is 0 Å². The maximum Gasteiger partial charge on any atom is 0.253 e. The average molecular weight is 430 g/mol. The number of benzene rings is 2. The zero-order chi connectivity index (χ0) is 22.6. The Morgan fingerprint density at radius 2 is 1.84 bits per heavy atom. The Balaban J connectivity index is 1.54. The first kappa shape index (κ1) is 21.6. The van der Waals surface area contributed by atoms with Gasteiger partial charge in [-0.3, -0.25) is 14.6 Å². The Morgan fingerprint density at radius 1 is 1.06 bits per heavy atom. The predicted molar refractivity (Wildman–Crippen MR) is 123 cm³/mol. The maximum atomic E-state index is 13.0. The van der Waals surface area contributed by atoms with E-state index in [9.17, 15) is 9.59 Å². The molecule has 1 aliphatic rings. The minimum absolute atomic E-state index is 0.0577. The highest BCUT2D eigenvalue weighted by atomic mass is 16.5. The van der Waals surface area contributed by atoms with E-state index in [-0.39, 0.29) is 11.8 Å². The lowest BCUT2D eigenvalue weighted by molar-refractivity contribution is -0.130. The number of carbonyl (C=O) groups excluding carboxylic acids is 2. The molecule has 0 aliphatic carbocycles. The second-order valence-electron chi connectivity index (χ2n) is 8.24. The summed E-state index contributed by atoms with van der Waals surface area (Å²) in [6, 6.07) is 19.1. The summed E-state index contributed by atoms with van der Waals surface area (Å²) in [6.07, 6.45) is 5.16. The van der Waals surface area contributed by atoms with Gasteiger partial charge in [0, 0.05) is 36.6 Å². The van der Waals surface area contributed by atoms with Crippen LogP contribution in [-0.2, 0) is 11.2 Å². The lowest BCUT2D eigenvalue weighted by Crippen LogP contribution is -2.50. The monoisotopic (exact) mass is 429 g/mol. The van der Waals surface area contributed by atoms with Crippen LogP contribution in [0.15, 0.2) is 73.1 Å². The number of hydrogen-bond donors (Lipinski definition) is 1. The maximum absolute atomic E-state index is 13.0. The van der Waals surface area contributed by atoms with Crippen molar-refractivity contribution < 1.29 is 14.3 Å². The molecule has 6 nitrogen and oxygen atoms in total. The van der Waals surface area contributed by atoms with E-state index in [0.29, 0.717) is 43.7 Å². The van der Waals surface area contributed by atoms with Crippen LogP contribution in [0.3, 0.4) is 0 Å². The summed E-state index contributed by atoms with van der Waals surface area (Å²) in [4.78, 5) is 31.7. The van der Waals surface area contributed by atoms with Crippen LogP contribution >= 0.6 is 0 Å². The smallest absolute Gasteiger partial charge is 0.253 e. The van der Waals surface area contributed by atoms with Gasteiger partial charge in [-0.25, -0.2) is 0 Å². The van der Waals surface area contributed by atoms with Crippen LogP contribution in [0, 0.1) is 5.41 Å². The highest BCUT2D eigenvalue weighted by Crippen LogP contribution is 2.38. The predicted octanol–water partition coefficient (Wildman–Crippen LogP) is 3.71. The third kappa shape index (κ3) is 4.35. The number of aromatic nitrogens is 1. The van der Waals surface area contributed by atoms with Crippen molar-refractivity contribution in [1.29, 1.82) is 0 Å². The Labute approximate surface area is 188 Å². The molecule has 3 aromatic rings. The van der Waals surface area contributed by atoms with Crippen LogP contribution in [-0.4, -0.2) is 41.9 Å². The van der Waals surface area contributed by atoms with Gasteiger partial charge in [-0.15, -0.1) is 0 Å². The molecule has 164 valence electrons. The Bertz CT molecular complexity index is 1110. The van der Waals surface area contributed by atoms with E-state index in [1.165, 1.54) is 0 Å². The molecule has 1 aromatic heterocycles. The number of nitrogens with two attached hydrogens (primary N) is 1. The van der Waals surface area contributed by atoms with Crippen molar-refractivity contribution in [2.45, 2.75) is 19.3 Å². The fourth-order valence-electron chi connectivity index (χ4n) is 4.43. The van der Waals surface area contributed by atoms with Crippen molar-refractivity contribution in [2.75, 3.05) is 20.2 Å². The molecule has 1 fully saturated rings. The number of ether oxygens (including phenoxy) is 1. The van der Waals surface area contributed by atoms with Crippen molar-refractivity contribution in [3.63, 3.8) is 0 Å². The topological polar surface area (TPSA) is 85.5 Å². The minimum atomic E-state index is -0.691. The largest absolute Gasteiger partial charge is 0.497 e. The molecule has 0 saturated carbocycles. The molecule has 32 heavy (non-hydrogen) atoms. The summed E-state index contributed by atoms with van der Waals surface area (Å²) < 4.78 is 5.23. The first-order valence-electron chi connectivity index (χ1n) is 10.7. The molecular formula is C26H27N3O3. The summed E-state index contributed by atoms with van der Waals surface area (Å²) in [5.74, 6) is 0.274. The first-order chi connectivity index (χ1) is 15.5. The van der Waals surface area contributed by atoms with Crippen molar-refractivity contribution in [2.24, 2.45) is 11.1 Å². The molecule has 2 N–H and O–H groups in total. The van der Waals surface area contributed by atoms with Crippen LogP contribution in [0.5, 0.6) is 5.75 Å². The standard InChI is InChI=1S/C26H27N3O3/c1-32-22-9-4-7-19(16-22)24(30)29-14-11-26(12-15-29,25(27)31)17-20-6-2-3-10-23(20)21-8-5-13-28-18-21/h2-10,13,16,18H,11-12,14-15,17H2,1H3,(H2,27,31). The number of rotatable bonds is 6. The summed E-state index contributed by atoms with van der Waals surface area (Å²) in [7, 11) is 1.58. The normalized spacial score (nSPS) is 15.2. The van der Waals surface area contributed by atoms with E-state index in [1.54, 1.807) is 36.4 Å². The number of pyridine rings is 1. The van der Waals surface area contributed by atoms with Gasteiger partial charge in [0.25, 0.3) is 5.91 Å². The van der Waals surface area contributed by atoms with E-state index in [0.717, 1.165) is 16.7 Å². The lowest BCUT2D eigenvalue weighted by Gasteiger charge is -2.40. The van der Waals surface area contributed by atoms with Crippen molar-refractivity contribution in [3.8, 4) is 16.9 Å². The zero-order valence-corrected chi connectivity index (χ0v) is 18.2. The third-order valence-corrected chi connectivity index (χ3v) is 6.37. The lowest BCUT2D eigenvalue weighted by atomic mass is 9.72. The van der Waals surface area contributed by atoms with Crippen LogP contribution in [0.25, 0.3) is 11.1 Å². The Kier molecular flexibility index (Phi) is 6.21. The third-order valence-electron chi connectivity index (χ3n) is 6.37. The summed E-state index contributed by atoms with van der Waals surface area (Å²) >= 11 is 0. The van der Waals surface area contributed by atoms with E-state index in [4.69, 9.17) is 10.5 Å². The fraction of sp³-hybridized carbons (Fsp3) is 0.269. The van der Waals surface area contributed by atoms with Gasteiger partial charge in [0.15, 0.2) is 0 Å². The minimum Gasteiger partial charge on any atom is -0.497 e. The summed E-state index contributed by atoms with van der Waals surface area (Å²) in [5, 5.41) is 0. The molecule has 0 atom stereocenters. The molecule has 2 amide bonds. The number of amides is 2. The molecule has 0 unspecified atom stereocenters. The van der Waals surface area contributed by atoms with Gasteiger partial charge < -0.3 is 15.4 Å². The number of likely N-dealkylation sites (tertiary alicyclic amines) is 1. The Morgan fingerprint density at radius 3 is 2.53 bits per heavy atom. The number of methoxy groups -OCH3 is 1. The van der Waals surface area contributed by atoms with E-state index in [2.05, 4.69) is 4.98 Å². The van der Waals surface area contributed by atoms with Gasteiger partial charge in [-0.1, -0.05) is 36.4 Å². The number of nitrogens with zero attached hydrogens (tertiary/aromatic N) is 2. The number of piperidine rings is 1. The molecule has 4 rings (SSSR count). The highest BCUT2D eigenvalue weighted by Gasteiger charge is 2.41. The SMILES string of the molecule is COc1cccc(C(=O)N2CCC(Cc3ccccc3-c3cccnc3)(C(N)=O)CC2)c1. The molecule has 2 aromatic carbocycles. The Hall–Kier alpha value is -3.67. The zero-order valence-electron chi connectivity index (χ0n) is 18.2. The molecule has 0 spiro atoms. The summed E-state index contributed by atoms with van der Waals surface area (Å²) in [5.41, 5.74) is 8.95. The molecule has 6 heteroatoms. The van der Waals surface area contributed by atoms with Gasteiger partial charge in [0.2, 0.25) is 5.91 Å². The number of hydrogen-bond acceptors (Lipinski definition) is 4. The first-order valence-corrected chi connectivity index (χ1v) is 10.7. The number of carbonyl (C=O) groups is 2. The molecule has 0 bridgehead atoms. The summed E-state index contributed by atoms with van der Waals surface area (Å²) in [6.45, 7) is 0.960. The highest BCUT2D eigenvalue weighted by molar-refractivity contribution is 5.95. The van der Waals surface area contributed by atoms with Crippen molar-refractivity contribution in [3.05, 3.63) is 84.2 Å². The second kappa shape index (κ2) is 9.22. The van der Waals surface area contributed by atoms with Crippen molar-refractivity contribution >= 4 is 11.8 Å².